The van der Waals surface area contributed by atoms with E-state index in [0.29, 0.717) is 29.6 Å². The fraction of sp³-hybridized carbons (Fsp3) is 0.500. The number of nitrogens with zero attached hydrogens (tertiary/aromatic N) is 3. The van der Waals surface area contributed by atoms with Crippen molar-refractivity contribution >= 4 is 22.6 Å². The number of rotatable bonds is 9. The van der Waals surface area contributed by atoms with Crippen molar-refractivity contribution in [3.63, 3.8) is 0 Å². The van der Waals surface area contributed by atoms with Crippen LogP contribution in [0.2, 0.25) is 0 Å². The SMILES string of the molecule is CC(C)C(Nc1cncc(-c2c[nH]c3ncc(OCC4CCN(C)CC4)cc23)c1)C(=O)NCC(F)(F)F. The Morgan fingerprint density at radius 3 is 2.68 bits per heavy atom. The van der Waals surface area contributed by atoms with E-state index in [-0.39, 0.29) is 5.92 Å². The monoisotopic (exact) mass is 518 g/mol. The summed E-state index contributed by atoms with van der Waals surface area (Å²) in [5.74, 6) is 0.237. The highest BCUT2D eigenvalue weighted by atomic mass is 19.4. The minimum absolute atomic E-state index is 0.251. The molecule has 0 radical (unpaired) electrons. The van der Waals surface area contributed by atoms with Crippen LogP contribution in [0.25, 0.3) is 22.2 Å². The number of carbonyl (C=O) groups is 1. The van der Waals surface area contributed by atoms with Gasteiger partial charge in [0.25, 0.3) is 0 Å². The summed E-state index contributed by atoms with van der Waals surface area (Å²) in [6.07, 6.45) is 4.51. The summed E-state index contributed by atoms with van der Waals surface area (Å²) in [5.41, 5.74) is 2.84. The van der Waals surface area contributed by atoms with Gasteiger partial charge in [0, 0.05) is 35.1 Å². The molecule has 1 aliphatic heterocycles. The minimum atomic E-state index is -4.47. The molecule has 1 fully saturated rings. The van der Waals surface area contributed by atoms with E-state index >= 15 is 0 Å². The van der Waals surface area contributed by atoms with Crippen molar-refractivity contribution in [2.45, 2.75) is 38.9 Å². The lowest BCUT2D eigenvalue weighted by molar-refractivity contribution is -0.139. The average molecular weight is 519 g/mol. The van der Waals surface area contributed by atoms with Crippen LogP contribution >= 0.6 is 0 Å². The first-order chi connectivity index (χ1) is 17.6. The second-order valence-electron chi connectivity index (χ2n) is 9.99. The average Bonchev–Trinajstić information content (AvgIpc) is 3.28. The summed E-state index contributed by atoms with van der Waals surface area (Å²) in [6, 6.07) is 2.90. The quantitative estimate of drug-likeness (QED) is 0.387. The maximum atomic E-state index is 12.6. The molecule has 0 aliphatic carbocycles. The van der Waals surface area contributed by atoms with Crippen LogP contribution in [0.3, 0.4) is 0 Å². The number of piperidine rings is 1. The van der Waals surface area contributed by atoms with Crippen molar-refractivity contribution in [3.05, 3.63) is 36.9 Å². The number of anilines is 1. The number of ether oxygens (including phenoxy) is 1. The highest BCUT2D eigenvalue weighted by Gasteiger charge is 2.30. The van der Waals surface area contributed by atoms with Crippen molar-refractivity contribution in [3.8, 4) is 16.9 Å². The Labute approximate surface area is 214 Å². The van der Waals surface area contributed by atoms with Gasteiger partial charge in [-0.05, 0) is 56.9 Å². The number of hydrogen-bond acceptors (Lipinski definition) is 6. The Morgan fingerprint density at radius 1 is 1.22 bits per heavy atom. The molecule has 1 aliphatic rings. The van der Waals surface area contributed by atoms with Crippen molar-refractivity contribution in [1.29, 1.82) is 0 Å². The van der Waals surface area contributed by atoms with E-state index in [4.69, 9.17) is 4.74 Å². The summed E-state index contributed by atoms with van der Waals surface area (Å²) in [4.78, 5) is 26.7. The van der Waals surface area contributed by atoms with Gasteiger partial charge in [-0.2, -0.15) is 13.2 Å². The maximum Gasteiger partial charge on any atom is 0.405 e. The molecule has 0 spiro atoms. The normalized spacial score (nSPS) is 16.2. The molecule has 200 valence electrons. The fourth-order valence-corrected chi connectivity index (χ4v) is 4.42. The Bertz CT molecular complexity index is 1200. The molecule has 1 atom stereocenters. The van der Waals surface area contributed by atoms with E-state index in [1.807, 2.05) is 23.6 Å². The molecule has 3 aromatic heterocycles. The first-order valence-corrected chi connectivity index (χ1v) is 12.4. The zero-order valence-electron chi connectivity index (χ0n) is 21.2. The first-order valence-electron chi connectivity index (χ1n) is 12.4. The number of likely N-dealkylation sites (tertiary alicyclic amines) is 1. The molecule has 3 aromatic rings. The number of fused-ring (bicyclic) bond motifs is 1. The molecule has 3 N–H and O–H groups in total. The third kappa shape index (κ3) is 7.12. The molecule has 11 heteroatoms. The van der Waals surface area contributed by atoms with Crippen molar-refractivity contribution in [2.75, 3.05) is 38.6 Å². The second-order valence-corrected chi connectivity index (χ2v) is 9.99. The van der Waals surface area contributed by atoms with Gasteiger partial charge in [0.2, 0.25) is 5.91 Å². The highest BCUT2D eigenvalue weighted by Crippen LogP contribution is 2.31. The van der Waals surface area contributed by atoms with Crippen LogP contribution in [-0.2, 0) is 4.79 Å². The summed E-state index contributed by atoms with van der Waals surface area (Å²) in [7, 11) is 2.13. The van der Waals surface area contributed by atoms with Gasteiger partial charge >= 0.3 is 6.18 Å². The lowest BCUT2D eigenvalue weighted by Gasteiger charge is -2.28. The summed E-state index contributed by atoms with van der Waals surface area (Å²) >= 11 is 0. The van der Waals surface area contributed by atoms with E-state index in [1.54, 1.807) is 32.4 Å². The van der Waals surface area contributed by atoms with Gasteiger partial charge in [0.1, 0.15) is 24.0 Å². The van der Waals surface area contributed by atoms with Crippen molar-refractivity contribution in [1.82, 2.24) is 25.2 Å². The van der Waals surface area contributed by atoms with Crippen LogP contribution in [0.15, 0.2) is 36.9 Å². The number of pyridine rings is 2. The predicted molar refractivity (Wildman–Crippen MR) is 136 cm³/mol. The molecule has 4 rings (SSSR count). The Hall–Kier alpha value is -3.34. The van der Waals surface area contributed by atoms with Gasteiger partial charge in [-0.15, -0.1) is 0 Å². The van der Waals surface area contributed by atoms with E-state index in [1.165, 1.54) is 0 Å². The van der Waals surface area contributed by atoms with E-state index in [9.17, 15) is 18.0 Å². The number of halogens is 3. The molecule has 0 bridgehead atoms. The zero-order chi connectivity index (χ0) is 26.6. The van der Waals surface area contributed by atoms with Gasteiger partial charge in [-0.3, -0.25) is 9.78 Å². The van der Waals surface area contributed by atoms with Crippen LogP contribution in [0.1, 0.15) is 26.7 Å². The van der Waals surface area contributed by atoms with Gasteiger partial charge in [0.15, 0.2) is 0 Å². The zero-order valence-corrected chi connectivity index (χ0v) is 21.2. The molecular formula is C26H33F3N6O2. The van der Waals surface area contributed by atoms with Gasteiger partial charge in [-0.25, -0.2) is 4.98 Å². The lowest BCUT2D eigenvalue weighted by Crippen LogP contribution is -2.46. The topological polar surface area (TPSA) is 95.2 Å². The maximum absolute atomic E-state index is 12.6. The molecule has 1 amide bonds. The van der Waals surface area contributed by atoms with E-state index in [0.717, 1.165) is 42.4 Å². The summed E-state index contributed by atoms with van der Waals surface area (Å²) < 4.78 is 43.8. The molecule has 1 unspecified atom stereocenters. The molecule has 37 heavy (non-hydrogen) atoms. The number of amides is 1. The van der Waals surface area contributed by atoms with Gasteiger partial charge < -0.3 is 25.3 Å². The molecular weight excluding hydrogens is 485 g/mol. The van der Waals surface area contributed by atoms with Crippen molar-refractivity contribution < 1.29 is 22.7 Å². The Kier molecular flexibility index (Phi) is 8.21. The standard InChI is InChI=1S/C26H33F3N6O2/c1-16(2)23(25(36)33-15-26(27,28)29)34-19-8-18(10-30-11-19)22-13-32-24-21(22)9-20(12-31-24)37-14-17-4-6-35(3)7-5-17/h8-13,16-17,23,34H,4-7,14-15H2,1-3H3,(H,31,32)(H,33,36). The highest BCUT2D eigenvalue weighted by molar-refractivity contribution is 5.94. The first kappa shape index (κ1) is 26.7. The summed E-state index contributed by atoms with van der Waals surface area (Å²) in [6.45, 7) is 4.95. The Balaban J connectivity index is 1.49. The third-order valence-corrected chi connectivity index (χ3v) is 6.61. The van der Waals surface area contributed by atoms with Crippen LogP contribution in [-0.4, -0.2) is 71.3 Å². The number of aromatic amines is 1. The number of aromatic nitrogens is 3. The largest absolute Gasteiger partial charge is 0.492 e. The number of H-pyrrole nitrogens is 1. The molecule has 1 saturated heterocycles. The Morgan fingerprint density at radius 2 is 1.97 bits per heavy atom. The van der Waals surface area contributed by atoms with Crippen molar-refractivity contribution in [2.24, 2.45) is 11.8 Å². The predicted octanol–water partition coefficient (Wildman–Crippen LogP) is 4.46. The molecule has 4 heterocycles. The van der Waals surface area contributed by atoms with Gasteiger partial charge in [0.05, 0.1) is 18.5 Å². The lowest BCUT2D eigenvalue weighted by atomic mass is 9.98. The molecule has 8 nitrogen and oxygen atoms in total. The minimum Gasteiger partial charge on any atom is -0.492 e. The van der Waals surface area contributed by atoms with Crippen LogP contribution in [0, 0.1) is 11.8 Å². The van der Waals surface area contributed by atoms with E-state index in [2.05, 4.69) is 32.2 Å². The van der Waals surface area contributed by atoms with Crippen LogP contribution < -0.4 is 15.4 Å². The van der Waals surface area contributed by atoms with E-state index < -0.39 is 24.7 Å². The van der Waals surface area contributed by atoms with Crippen LogP contribution in [0.5, 0.6) is 5.75 Å². The number of alkyl halides is 3. The number of nitrogens with one attached hydrogen (secondary N) is 3. The second kappa shape index (κ2) is 11.4. The molecule has 0 saturated carbocycles. The fourth-order valence-electron chi connectivity index (χ4n) is 4.42. The summed E-state index contributed by atoms with van der Waals surface area (Å²) in [5, 5.41) is 5.86. The third-order valence-electron chi connectivity index (χ3n) is 6.61. The van der Waals surface area contributed by atoms with Crippen LogP contribution in [0.4, 0.5) is 18.9 Å². The smallest absolute Gasteiger partial charge is 0.405 e. The number of hydrogen-bond donors (Lipinski definition) is 3. The molecule has 0 aromatic carbocycles. The van der Waals surface area contributed by atoms with Gasteiger partial charge in [-0.1, -0.05) is 13.8 Å². The number of carbonyl (C=O) groups excluding carboxylic acids is 1.